The first-order valence-electron chi connectivity index (χ1n) is 11.6. The zero-order valence-corrected chi connectivity index (χ0v) is 19.2. The van der Waals surface area contributed by atoms with E-state index in [4.69, 9.17) is 18.9 Å². The molecule has 0 aliphatic carbocycles. The molecule has 0 aromatic carbocycles. The highest BCUT2D eigenvalue weighted by Gasteiger charge is 2.58. The van der Waals surface area contributed by atoms with Crippen molar-refractivity contribution in [3.05, 3.63) is 0 Å². The predicted molar refractivity (Wildman–Crippen MR) is 112 cm³/mol. The smallest absolute Gasteiger partial charge is 0.308 e. The summed E-state index contributed by atoms with van der Waals surface area (Å²) in [5.41, 5.74) is 0. The molecule has 0 aromatic heterocycles. The normalized spacial score (nSPS) is 40.8. The van der Waals surface area contributed by atoms with Crippen molar-refractivity contribution in [1.29, 1.82) is 0 Å². The predicted octanol–water partition coefficient (Wildman–Crippen LogP) is -2.78. The molecule has 2 aliphatic heterocycles. The lowest BCUT2D eigenvalue weighted by atomic mass is 9.95. The van der Waals surface area contributed by atoms with E-state index < -0.39 is 80.3 Å². The lowest BCUT2D eigenvalue weighted by Crippen LogP contribution is -2.69. The number of hydrogen-bond donors (Lipinski definition) is 8. The van der Waals surface area contributed by atoms with E-state index in [2.05, 4.69) is 6.92 Å². The molecule has 0 amide bonds. The van der Waals surface area contributed by atoms with Crippen LogP contribution >= 0.6 is 0 Å². The fraction of sp³-hybridized carbons (Fsp3) is 0.952. The molecule has 0 radical (unpaired) electrons. The Balaban J connectivity index is 2.08. The molecule has 2 heterocycles. The Labute approximate surface area is 197 Å². The molecule has 200 valence electrons. The standard InChI is InChI=1S/C21H38O13/c1-2-3-4-5-6-7-8-12(24)33-21(10-23)18(29)14(26)16(28)20(34-21)32-17-11(9-22)31-19(30)15(27)13(17)25/h11,13-20,22-23,25-30H,2-10H2,1H3/t11-,13-,14+,15-,16-,17-,18-,19-,20+,21+/m1/s1. The number of carbonyl (C=O) groups excluding carboxylic acids is 1. The SMILES string of the molecule is CCCCCCCCC(=O)O[C@@]1(CO)O[C@H](O[C@H]2[C@H](O)[C@@H](O)[C@H](O)O[C@@H]2CO)[C@H](O)[C@H](O)[C@H]1O. The van der Waals surface area contributed by atoms with Gasteiger partial charge in [0.25, 0.3) is 5.79 Å². The van der Waals surface area contributed by atoms with Gasteiger partial charge in [-0.2, -0.15) is 0 Å². The molecule has 0 unspecified atom stereocenters. The summed E-state index contributed by atoms with van der Waals surface area (Å²) < 4.78 is 21.0. The summed E-state index contributed by atoms with van der Waals surface area (Å²) in [4.78, 5) is 12.4. The molecule has 2 fully saturated rings. The molecule has 0 bridgehead atoms. The van der Waals surface area contributed by atoms with Crippen molar-refractivity contribution in [3.8, 4) is 0 Å². The lowest BCUT2D eigenvalue weighted by molar-refractivity contribution is -0.416. The second kappa shape index (κ2) is 13.4. The molecule has 2 rings (SSSR count). The van der Waals surface area contributed by atoms with Crippen LogP contribution in [-0.4, -0.2) is 121 Å². The fourth-order valence-corrected chi connectivity index (χ4v) is 3.98. The van der Waals surface area contributed by atoms with E-state index >= 15 is 0 Å². The van der Waals surface area contributed by atoms with Crippen molar-refractivity contribution < 1.29 is 64.6 Å². The Kier molecular flexibility index (Phi) is 11.5. The average molecular weight is 499 g/mol. The number of hydrogen-bond acceptors (Lipinski definition) is 13. The van der Waals surface area contributed by atoms with Gasteiger partial charge in [-0.25, -0.2) is 0 Å². The van der Waals surface area contributed by atoms with Crippen LogP contribution in [0.15, 0.2) is 0 Å². The maximum Gasteiger partial charge on any atom is 0.308 e. The van der Waals surface area contributed by atoms with Crippen LogP contribution in [0.5, 0.6) is 0 Å². The molecule has 13 heteroatoms. The summed E-state index contributed by atoms with van der Waals surface area (Å²) >= 11 is 0. The molecule has 8 N–H and O–H groups in total. The van der Waals surface area contributed by atoms with Gasteiger partial charge < -0.3 is 59.8 Å². The first kappa shape index (κ1) is 29.3. The van der Waals surface area contributed by atoms with E-state index in [9.17, 15) is 45.6 Å². The Morgan fingerprint density at radius 3 is 2.15 bits per heavy atom. The van der Waals surface area contributed by atoms with Crippen LogP contribution in [0.2, 0.25) is 0 Å². The topological polar surface area (TPSA) is 216 Å². The Hall–Kier alpha value is -0.970. The van der Waals surface area contributed by atoms with Gasteiger partial charge in [-0.15, -0.1) is 0 Å². The second-order valence-corrected chi connectivity index (χ2v) is 8.70. The van der Waals surface area contributed by atoms with Crippen molar-refractivity contribution in [2.24, 2.45) is 0 Å². The molecular formula is C21H38O13. The molecule has 34 heavy (non-hydrogen) atoms. The van der Waals surface area contributed by atoms with Gasteiger partial charge in [0.2, 0.25) is 0 Å². The maximum absolute atomic E-state index is 12.4. The highest BCUT2D eigenvalue weighted by Crippen LogP contribution is 2.34. The van der Waals surface area contributed by atoms with E-state index in [1.807, 2.05) is 0 Å². The zero-order chi connectivity index (χ0) is 25.5. The van der Waals surface area contributed by atoms with Crippen LogP contribution < -0.4 is 0 Å². The molecule has 2 aliphatic rings. The molecule has 0 spiro atoms. The second-order valence-electron chi connectivity index (χ2n) is 8.70. The van der Waals surface area contributed by atoms with Gasteiger partial charge in [0, 0.05) is 6.42 Å². The van der Waals surface area contributed by atoms with E-state index in [0.29, 0.717) is 6.42 Å². The van der Waals surface area contributed by atoms with Crippen molar-refractivity contribution in [3.63, 3.8) is 0 Å². The Bertz CT molecular complexity index is 619. The van der Waals surface area contributed by atoms with Crippen LogP contribution in [0.3, 0.4) is 0 Å². The minimum Gasteiger partial charge on any atom is -0.427 e. The van der Waals surface area contributed by atoms with Gasteiger partial charge in [0.05, 0.1) is 6.61 Å². The number of aliphatic hydroxyl groups is 8. The van der Waals surface area contributed by atoms with Crippen molar-refractivity contribution in [1.82, 2.24) is 0 Å². The third-order valence-electron chi connectivity index (χ3n) is 6.09. The van der Waals surface area contributed by atoms with Crippen LogP contribution in [-0.2, 0) is 23.7 Å². The van der Waals surface area contributed by atoms with Crippen molar-refractivity contribution in [2.45, 2.75) is 113 Å². The van der Waals surface area contributed by atoms with Gasteiger partial charge >= 0.3 is 5.97 Å². The van der Waals surface area contributed by atoms with E-state index in [1.165, 1.54) is 0 Å². The van der Waals surface area contributed by atoms with Gasteiger partial charge in [-0.1, -0.05) is 39.0 Å². The van der Waals surface area contributed by atoms with Crippen molar-refractivity contribution in [2.75, 3.05) is 13.2 Å². The molecule has 13 nitrogen and oxygen atoms in total. The highest BCUT2D eigenvalue weighted by molar-refractivity contribution is 5.69. The lowest BCUT2D eigenvalue weighted by Gasteiger charge is -2.48. The van der Waals surface area contributed by atoms with Crippen LogP contribution in [0.25, 0.3) is 0 Å². The average Bonchev–Trinajstić information content (AvgIpc) is 2.82. The number of carbonyl (C=O) groups is 1. The summed E-state index contributed by atoms with van der Waals surface area (Å²) in [6.07, 6.45) is -10.9. The van der Waals surface area contributed by atoms with E-state index in [-0.39, 0.29) is 6.42 Å². The van der Waals surface area contributed by atoms with Crippen LogP contribution in [0.4, 0.5) is 0 Å². The first-order chi connectivity index (χ1) is 16.1. The zero-order valence-electron chi connectivity index (χ0n) is 19.2. The van der Waals surface area contributed by atoms with E-state index in [1.54, 1.807) is 0 Å². The fourth-order valence-electron chi connectivity index (χ4n) is 3.98. The largest absolute Gasteiger partial charge is 0.427 e. The molecular weight excluding hydrogens is 460 g/mol. The maximum atomic E-state index is 12.4. The number of rotatable bonds is 12. The van der Waals surface area contributed by atoms with E-state index in [0.717, 1.165) is 32.1 Å². The van der Waals surface area contributed by atoms with Gasteiger partial charge in [0.15, 0.2) is 18.7 Å². The van der Waals surface area contributed by atoms with Gasteiger partial charge in [-0.05, 0) is 6.42 Å². The Morgan fingerprint density at radius 2 is 1.53 bits per heavy atom. The van der Waals surface area contributed by atoms with Gasteiger partial charge in [-0.3, -0.25) is 4.79 Å². The van der Waals surface area contributed by atoms with Crippen LogP contribution in [0, 0.1) is 0 Å². The summed E-state index contributed by atoms with van der Waals surface area (Å²) in [5, 5.41) is 80.1. The summed E-state index contributed by atoms with van der Waals surface area (Å²) in [7, 11) is 0. The molecule has 0 saturated carbocycles. The minimum atomic E-state index is -2.49. The van der Waals surface area contributed by atoms with Gasteiger partial charge in [0.1, 0.15) is 43.2 Å². The third kappa shape index (κ3) is 6.83. The number of ether oxygens (including phenoxy) is 4. The molecule has 10 atom stereocenters. The Morgan fingerprint density at radius 1 is 0.882 bits per heavy atom. The number of esters is 1. The number of unbranched alkanes of at least 4 members (excludes halogenated alkanes) is 5. The monoisotopic (exact) mass is 498 g/mol. The summed E-state index contributed by atoms with van der Waals surface area (Å²) in [6, 6.07) is 0. The third-order valence-corrected chi connectivity index (χ3v) is 6.09. The molecule has 2 saturated heterocycles. The number of aliphatic hydroxyl groups excluding tert-OH is 8. The quantitative estimate of drug-likeness (QED) is 0.101. The summed E-state index contributed by atoms with van der Waals surface area (Å²) in [6.45, 7) is 0.216. The first-order valence-corrected chi connectivity index (χ1v) is 11.6. The van der Waals surface area contributed by atoms with Crippen LogP contribution in [0.1, 0.15) is 51.9 Å². The van der Waals surface area contributed by atoms with Crippen molar-refractivity contribution >= 4 is 5.97 Å². The minimum absolute atomic E-state index is 0.0417. The molecule has 0 aromatic rings. The summed E-state index contributed by atoms with van der Waals surface area (Å²) in [5.74, 6) is -3.31. The highest BCUT2D eigenvalue weighted by atomic mass is 16.8.